The van der Waals surface area contributed by atoms with Gasteiger partial charge in [0.25, 0.3) is 5.91 Å². The maximum atomic E-state index is 12.6. The minimum absolute atomic E-state index is 0.239. The Morgan fingerprint density at radius 3 is 2.19 bits per heavy atom. The zero-order valence-corrected chi connectivity index (χ0v) is 20.9. The zero-order valence-electron chi connectivity index (χ0n) is 17.7. The summed E-state index contributed by atoms with van der Waals surface area (Å²) in [6.45, 7) is 6.67. The van der Waals surface area contributed by atoms with Gasteiger partial charge in [0.15, 0.2) is 6.61 Å². The molecule has 0 aliphatic carbocycles. The van der Waals surface area contributed by atoms with E-state index in [4.69, 9.17) is 4.74 Å². The van der Waals surface area contributed by atoms with Crippen molar-refractivity contribution in [2.24, 2.45) is 11.8 Å². The van der Waals surface area contributed by atoms with Crippen molar-refractivity contribution in [1.29, 1.82) is 0 Å². The van der Waals surface area contributed by atoms with Crippen LogP contribution in [0.2, 0.25) is 0 Å². The molecule has 0 radical (unpaired) electrons. The molecule has 0 heterocycles. The van der Waals surface area contributed by atoms with E-state index in [0.717, 1.165) is 19.7 Å². The van der Waals surface area contributed by atoms with Crippen LogP contribution in [0.5, 0.6) is 5.75 Å². The fourth-order valence-corrected chi connectivity index (χ4v) is 3.99. The molecule has 0 bridgehead atoms. The normalized spacial score (nSPS) is 13.2. The fraction of sp³-hybridized carbons (Fsp3) is 0.409. The van der Waals surface area contributed by atoms with Crippen LogP contribution in [0.3, 0.4) is 0 Å². The number of carboxylic acid groups (broad SMARTS) is 1. The van der Waals surface area contributed by atoms with Crippen molar-refractivity contribution in [3.63, 3.8) is 0 Å². The van der Waals surface area contributed by atoms with Crippen molar-refractivity contribution < 1.29 is 24.2 Å². The second-order valence-corrected chi connectivity index (χ2v) is 9.60. The Kier molecular flexibility index (Phi) is 8.88. The molecule has 2 atom stereocenters. The second kappa shape index (κ2) is 10.9. The van der Waals surface area contributed by atoms with Crippen molar-refractivity contribution in [2.45, 2.75) is 39.8 Å². The van der Waals surface area contributed by atoms with Crippen LogP contribution in [0.25, 0.3) is 10.8 Å². The van der Waals surface area contributed by atoms with Crippen LogP contribution in [0.1, 0.15) is 27.7 Å². The molecule has 31 heavy (non-hydrogen) atoms. The summed E-state index contributed by atoms with van der Waals surface area (Å²) >= 11 is 6.95. The molecule has 0 saturated heterocycles. The first-order chi connectivity index (χ1) is 14.5. The van der Waals surface area contributed by atoms with Gasteiger partial charge >= 0.3 is 5.97 Å². The maximum absolute atomic E-state index is 12.6. The summed E-state index contributed by atoms with van der Waals surface area (Å²) in [6.07, 6.45) is 0. The number of aliphatic carboxylic acids is 1. The summed E-state index contributed by atoms with van der Waals surface area (Å²) in [6, 6.07) is 7.56. The predicted molar refractivity (Wildman–Crippen MR) is 126 cm³/mol. The number of fused-ring (bicyclic) bond motifs is 1. The standard InChI is InChI=1S/C22H26Br2N2O5/c1-11(2)19(21(28)26-20(12(3)4)22(29)30)25-17(27)10-31-16-8-5-13-9-14(23)6-7-15(13)18(16)24/h5-9,11-12,19-20H,10H2,1-4H3,(H,25,27)(H,26,28)(H,29,30)/t19-,20-/m0/s1. The molecule has 0 aromatic heterocycles. The summed E-state index contributed by atoms with van der Waals surface area (Å²) in [5.41, 5.74) is 0. The third-order valence-corrected chi connectivity index (χ3v) is 6.05. The van der Waals surface area contributed by atoms with Crippen LogP contribution in [0, 0.1) is 11.8 Å². The number of nitrogens with one attached hydrogen (secondary N) is 2. The van der Waals surface area contributed by atoms with Gasteiger partial charge in [-0.15, -0.1) is 0 Å². The van der Waals surface area contributed by atoms with Gasteiger partial charge in [-0.25, -0.2) is 4.79 Å². The summed E-state index contributed by atoms with van der Waals surface area (Å²) in [5, 5.41) is 16.4. The predicted octanol–water partition coefficient (Wildman–Crippen LogP) is 4.11. The number of hydrogen-bond acceptors (Lipinski definition) is 4. The third kappa shape index (κ3) is 6.67. The average Bonchev–Trinajstić information content (AvgIpc) is 2.68. The smallest absolute Gasteiger partial charge is 0.326 e. The lowest BCUT2D eigenvalue weighted by molar-refractivity contribution is -0.143. The molecule has 0 spiro atoms. The molecule has 3 N–H and O–H groups in total. The molecule has 168 valence electrons. The number of carboxylic acids is 1. The first-order valence-electron chi connectivity index (χ1n) is 9.84. The van der Waals surface area contributed by atoms with Crippen LogP contribution in [0.4, 0.5) is 0 Å². The van der Waals surface area contributed by atoms with E-state index in [1.54, 1.807) is 33.8 Å². The van der Waals surface area contributed by atoms with Crippen molar-refractivity contribution >= 4 is 60.4 Å². The molecule has 9 heteroatoms. The Morgan fingerprint density at radius 2 is 1.61 bits per heavy atom. The minimum Gasteiger partial charge on any atom is -0.483 e. The molecule has 2 rings (SSSR count). The molecule has 2 amide bonds. The van der Waals surface area contributed by atoms with Crippen molar-refractivity contribution in [3.8, 4) is 5.75 Å². The van der Waals surface area contributed by atoms with E-state index < -0.39 is 29.9 Å². The number of halogens is 2. The topological polar surface area (TPSA) is 105 Å². The number of amides is 2. The molecule has 0 fully saturated rings. The average molecular weight is 558 g/mol. The Bertz CT molecular complexity index is 978. The van der Waals surface area contributed by atoms with Crippen LogP contribution >= 0.6 is 31.9 Å². The first kappa shape index (κ1) is 25.1. The van der Waals surface area contributed by atoms with Gasteiger partial charge in [-0.3, -0.25) is 9.59 Å². The molecule has 2 aromatic rings. The number of carbonyl (C=O) groups is 3. The van der Waals surface area contributed by atoms with Crippen molar-refractivity contribution in [1.82, 2.24) is 10.6 Å². The van der Waals surface area contributed by atoms with Gasteiger partial charge in [-0.2, -0.15) is 0 Å². The van der Waals surface area contributed by atoms with Crippen LogP contribution < -0.4 is 15.4 Å². The van der Waals surface area contributed by atoms with Gasteiger partial charge in [0.1, 0.15) is 17.8 Å². The lowest BCUT2D eigenvalue weighted by Gasteiger charge is -2.25. The van der Waals surface area contributed by atoms with E-state index in [1.165, 1.54) is 0 Å². The molecule has 7 nitrogen and oxygen atoms in total. The summed E-state index contributed by atoms with van der Waals surface area (Å²) in [4.78, 5) is 36.4. The Labute approximate surface area is 198 Å². The van der Waals surface area contributed by atoms with Crippen LogP contribution in [0.15, 0.2) is 39.3 Å². The highest BCUT2D eigenvalue weighted by Gasteiger charge is 2.30. The largest absolute Gasteiger partial charge is 0.483 e. The Hall–Kier alpha value is -2.13. The fourth-order valence-electron chi connectivity index (χ4n) is 3.00. The van der Waals surface area contributed by atoms with Gasteiger partial charge in [0.2, 0.25) is 5.91 Å². The van der Waals surface area contributed by atoms with Crippen LogP contribution in [-0.2, 0) is 14.4 Å². The summed E-state index contributed by atoms with van der Waals surface area (Å²) in [5.74, 6) is -2.17. The van der Waals surface area contributed by atoms with Crippen LogP contribution in [-0.4, -0.2) is 41.6 Å². The van der Waals surface area contributed by atoms with E-state index in [-0.39, 0.29) is 18.4 Å². The number of ether oxygens (including phenoxy) is 1. The highest BCUT2D eigenvalue weighted by molar-refractivity contribution is 9.11. The molecular formula is C22H26Br2N2O5. The van der Waals surface area contributed by atoms with Gasteiger partial charge in [-0.1, -0.05) is 55.8 Å². The molecule has 2 aromatic carbocycles. The number of rotatable bonds is 9. The van der Waals surface area contributed by atoms with E-state index >= 15 is 0 Å². The molecule has 0 unspecified atom stereocenters. The van der Waals surface area contributed by atoms with Gasteiger partial charge in [0, 0.05) is 4.47 Å². The number of benzene rings is 2. The number of carbonyl (C=O) groups excluding carboxylic acids is 2. The van der Waals surface area contributed by atoms with Gasteiger partial charge < -0.3 is 20.5 Å². The lowest BCUT2D eigenvalue weighted by Crippen LogP contribution is -2.55. The number of hydrogen-bond donors (Lipinski definition) is 3. The van der Waals surface area contributed by atoms with Crippen molar-refractivity contribution in [2.75, 3.05) is 6.61 Å². The van der Waals surface area contributed by atoms with E-state index in [2.05, 4.69) is 42.5 Å². The maximum Gasteiger partial charge on any atom is 0.326 e. The quantitative estimate of drug-likeness (QED) is 0.430. The van der Waals surface area contributed by atoms with Gasteiger partial charge in [0.05, 0.1) is 4.47 Å². The minimum atomic E-state index is -1.12. The molecule has 0 aliphatic heterocycles. The highest BCUT2D eigenvalue weighted by atomic mass is 79.9. The monoisotopic (exact) mass is 556 g/mol. The molecular weight excluding hydrogens is 532 g/mol. The second-order valence-electron chi connectivity index (χ2n) is 7.89. The van der Waals surface area contributed by atoms with Crippen molar-refractivity contribution in [3.05, 3.63) is 39.3 Å². The van der Waals surface area contributed by atoms with Gasteiger partial charge in [-0.05, 0) is 56.7 Å². The summed E-state index contributed by atoms with van der Waals surface area (Å²) < 4.78 is 7.34. The highest BCUT2D eigenvalue weighted by Crippen LogP contribution is 2.34. The Morgan fingerprint density at radius 1 is 0.968 bits per heavy atom. The third-order valence-electron chi connectivity index (χ3n) is 4.74. The SMILES string of the molecule is CC(C)[C@H](NC(=O)[C@@H](NC(=O)COc1ccc2cc(Br)ccc2c1Br)C(C)C)C(=O)O. The summed E-state index contributed by atoms with van der Waals surface area (Å²) in [7, 11) is 0. The first-order valence-corrected chi connectivity index (χ1v) is 11.4. The Balaban J connectivity index is 2.04. The molecule has 0 saturated carbocycles. The lowest BCUT2D eigenvalue weighted by atomic mass is 10.0. The van der Waals surface area contributed by atoms with E-state index in [9.17, 15) is 19.5 Å². The zero-order chi connectivity index (χ0) is 23.3. The molecule has 0 aliphatic rings. The van der Waals surface area contributed by atoms with E-state index in [1.807, 2.05) is 24.3 Å². The van der Waals surface area contributed by atoms with E-state index in [0.29, 0.717) is 5.75 Å².